The molecule has 0 atom stereocenters. The van der Waals surface area contributed by atoms with Crippen molar-refractivity contribution in [2.24, 2.45) is 0 Å². The third-order valence-corrected chi connectivity index (χ3v) is 6.27. The van der Waals surface area contributed by atoms with Crippen molar-refractivity contribution < 1.29 is 9.31 Å². The van der Waals surface area contributed by atoms with E-state index in [0.29, 0.717) is 0 Å². The zero-order valence-electron chi connectivity index (χ0n) is 17.8. The van der Waals surface area contributed by atoms with Gasteiger partial charge in [-0.1, -0.05) is 60.7 Å². The zero-order chi connectivity index (χ0) is 20.9. The number of fused-ring (bicyclic) bond motifs is 1. The Morgan fingerprint density at radius 2 is 1.43 bits per heavy atom. The van der Waals surface area contributed by atoms with Gasteiger partial charge >= 0.3 is 7.12 Å². The lowest BCUT2D eigenvalue weighted by molar-refractivity contribution is 0.00578. The number of imidazole rings is 1. The Bertz CT molecular complexity index is 1200. The van der Waals surface area contributed by atoms with Gasteiger partial charge in [0.2, 0.25) is 0 Å². The fourth-order valence-electron chi connectivity index (χ4n) is 3.85. The van der Waals surface area contributed by atoms with Crippen molar-refractivity contribution in [2.45, 2.75) is 38.9 Å². The molecule has 3 heterocycles. The molecule has 0 aliphatic carbocycles. The molecule has 0 amide bonds. The fourth-order valence-corrected chi connectivity index (χ4v) is 3.85. The second kappa shape index (κ2) is 6.83. The molecule has 0 bridgehead atoms. The fraction of sp³-hybridized carbons (Fsp3) is 0.240. The van der Waals surface area contributed by atoms with Crippen LogP contribution in [-0.2, 0) is 9.31 Å². The van der Waals surface area contributed by atoms with Gasteiger partial charge in [0.15, 0.2) is 0 Å². The van der Waals surface area contributed by atoms with Crippen molar-refractivity contribution in [3.8, 4) is 22.6 Å². The third kappa shape index (κ3) is 3.06. The van der Waals surface area contributed by atoms with E-state index in [9.17, 15) is 0 Å². The first-order valence-corrected chi connectivity index (χ1v) is 10.3. The Balaban J connectivity index is 1.60. The average molecular weight is 396 g/mol. The Hall–Kier alpha value is -2.89. The van der Waals surface area contributed by atoms with Gasteiger partial charge in [0.05, 0.1) is 22.4 Å². The van der Waals surface area contributed by atoms with Crippen LogP contribution in [0.3, 0.4) is 0 Å². The van der Waals surface area contributed by atoms with Gasteiger partial charge in [-0.05, 0) is 45.3 Å². The van der Waals surface area contributed by atoms with Gasteiger partial charge in [0.25, 0.3) is 0 Å². The topological polar surface area (TPSA) is 35.8 Å². The Kier molecular flexibility index (Phi) is 4.35. The Morgan fingerprint density at radius 3 is 2.17 bits per heavy atom. The monoisotopic (exact) mass is 396 g/mol. The molecular formula is C25H25BN2O2. The van der Waals surface area contributed by atoms with Crippen LogP contribution in [0.4, 0.5) is 0 Å². The van der Waals surface area contributed by atoms with Crippen molar-refractivity contribution in [3.05, 3.63) is 79.0 Å². The molecule has 1 fully saturated rings. The number of benzene rings is 2. The van der Waals surface area contributed by atoms with Gasteiger partial charge in [0.1, 0.15) is 5.82 Å². The number of nitrogens with zero attached hydrogens (tertiary/aromatic N) is 2. The summed E-state index contributed by atoms with van der Waals surface area (Å²) < 4.78 is 14.7. The lowest BCUT2D eigenvalue weighted by atomic mass is 9.78. The van der Waals surface area contributed by atoms with Gasteiger partial charge in [-0.3, -0.25) is 4.40 Å². The highest BCUT2D eigenvalue weighted by Crippen LogP contribution is 2.37. The van der Waals surface area contributed by atoms with E-state index in [1.54, 1.807) is 0 Å². The second-order valence-corrected chi connectivity index (χ2v) is 8.82. The van der Waals surface area contributed by atoms with E-state index in [1.807, 2.05) is 36.4 Å². The van der Waals surface area contributed by atoms with Gasteiger partial charge < -0.3 is 9.31 Å². The van der Waals surface area contributed by atoms with Crippen LogP contribution >= 0.6 is 0 Å². The van der Waals surface area contributed by atoms with Crippen molar-refractivity contribution in [3.63, 3.8) is 0 Å². The number of hydrogen-bond donors (Lipinski definition) is 0. The number of hydrogen-bond acceptors (Lipinski definition) is 3. The van der Waals surface area contributed by atoms with Crippen LogP contribution in [-0.4, -0.2) is 27.7 Å². The van der Waals surface area contributed by atoms with E-state index in [0.717, 1.165) is 33.6 Å². The summed E-state index contributed by atoms with van der Waals surface area (Å²) >= 11 is 0. The molecule has 0 unspecified atom stereocenters. The van der Waals surface area contributed by atoms with Crippen LogP contribution in [0.15, 0.2) is 79.0 Å². The predicted molar refractivity (Wildman–Crippen MR) is 122 cm³/mol. The lowest BCUT2D eigenvalue weighted by Gasteiger charge is -2.32. The largest absolute Gasteiger partial charge is 0.494 e. The molecule has 0 spiro atoms. The van der Waals surface area contributed by atoms with Crippen LogP contribution in [0.2, 0.25) is 0 Å². The molecule has 0 N–H and O–H groups in total. The Morgan fingerprint density at radius 1 is 0.767 bits per heavy atom. The molecule has 0 radical (unpaired) electrons. The smallest absolute Gasteiger partial charge is 0.399 e. The van der Waals surface area contributed by atoms with Crippen LogP contribution in [0.1, 0.15) is 27.7 Å². The number of aromatic nitrogens is 2. The highest BCUT2D eigenvalue weighted by molar-refractivity contribution is 6.62. The average Bonchev–Trinajstić information content (AvgIpc) is 3.23. The summed E-state index contributed by atoms with van der Waals surface area (Å²) in [5.41, 5.74) is 4.47. The first-order chi connectivity index (χ1) is 14.4. The minimum Gasteiger partial charge on any atom is -0.399 e. The molecule has 30 heavy (non-hydrogen) atoms. The molecule has 1 aliphatic rings. The maximum absolute atomic E-state index is 6.25. The second-order valence-electron chi connectivity index (χ2n) is 8.82. The summed E-state index contributed by atoms with van der Waals surface area (Å²) in [6, 6.07) is 24.8. The van der Waals surface area contributed by atoms with E-state index in [-0.39, 0.29) is 11.2 Å². The first kappa shape index (κ1) is 19.1. The van der Waals surface area contributed by atoms with Crippen LogP contribution < -0.4 is 5.46 Å². The summed E-state index contributed by atoms with van der Waals surface area (Å²) in [6.45, 7) is 8.30. The van der Waals surface area contributed by atoms with E-state index in [4.69, 9.17) is 14.3 Å². The molecule has 0 saturated carbocycles. The SMILES string of the molecule is CC1(C)OB(c2cccc(-c3nc(-c4ccccc4)c4ccccn34)c2)OC1(C)C. The maximum atomic E-state index is 6.25. The highest BCUT2D eigenvalue weighted by atomic mass is 16.7. The Labute approximate surface area is 177 Å². The molecule has 4 aromatic rings. The normalized spacial score (nSPS) is 17.5. The van der Waals surface area contributed by atoms with Gasteiger partial charge in [-0.2, -0.15) is 0 Å². The highest BCUT2D eigenvalue weighted by Gasteiger charge is 2.51. The standard InChI is InChI=1S/C25H25BN2O2/c1-24(2)25(3,4)30-26(29-24)20-14-10-13-19(17-20)23-27-22(18-11-6-5-7-12-18)21-15-8-9-16-28(21)23/h5-17H,1-4H3. The summed E-state index contributed by atoms with van der Waals surface area (Å²) in [7, 11) is -0.394. The number of pyridine rings is 1. The minimum absolute atomic E-state index is 0.367. The van der Waals surface area contributed by atoms with Crippen molar-refractivity contribution in [1.29, 1.82) is 0 Å². The molecule has 4 nitrogen and oxygen atoms in total. The molecule has 5 heteroatoms. The summed E-state index contributed by atoms with van der Waals surface area (Å²) in [5, 5.41) is 0. The van der Waals surface area contributed by atoms with Gasteiger partial charge in [-0.15, -0.1) is 0 Å². The van der Waals surface area contributed by atoms with Crippen LogP contribution in [0, 0.1) is 0 Å². The first-order valence-electron chi connectivity index (χ1n) is 10.3. The molecule has 1 saturated heterocycles. The van der Waals surface area contributed by atoms with Crippen molar-refractivity contribution in [2.75, 3.05) is 0 Å². The molecule has 1 aliphatic heterocycles. The summed E-state index contributed by atoms with van der Waals surface area (Å²) in [5.74, 6) is 0.905. The van der Waals surface area contributed by atoms with Crippen molar-refractivity contribution in [1.82, 2.24) is 9.38 Å². The number of rotatable bonds is 3. The van der Waals surface area contributed by atoms with E-state index in [2.05, 4.69) is 74.7 Å². The van der Waals surface area contributed by atoms with Crippen LogP contribution in [0.25, 0.3) is 28.2 Å². The molecule has 150 valence electrons. The van der Waals surface area contributed by atoms with Crippen molar-refractivity contribution >= 4 is 18.1 Å². The molecule has 5 rings (SSSR count). The molecule has 2 aromatic carbocycles. The minimum atomic E-state index is -0.394. The van der Waals surface area contributed by atoms with E-state index in [1.165, 1.54) is 0 Å². The maximum Gasteiger partial charge on any atom is 0.494 e. The zero-order valence-corrected chi connectivity index (χ0v) is 17.8. The summed E-state index contributed by atoms with van der Waals surface area (Å²) in [4.78, 5) is 5.04. The summed E-state index contributed by atoms with van der Waals surface area (Å²) in [6.07, 6.45) is 2.06. The molecule has 2 aromatic heterocycles. The van der Waals surface area contributed by atoms with E-state index >= 15 is 0 Å². The van der Waals surface area contributed by atoms with Gasteiger partial charge in [-0.25, -0.2) is 4.98 Å². The predicted octanol–water partition coefficient (Wildman–Crippen LogP) is 4.97. The quantitative estimate of drug-likeness (QED) is 0.459. The lowest BCUT2D eigenvalue weighted by Crippen LogP contribution is -2.41. The third-order valence-electron chi connectivity index (χ3n) is 6.27. The van der Waals surface area contributed by atoms with Crippen LogP contribution in [0.5, 0.6) is 0 Å². The van der Waals surface area contributed by atoms with E-state index < -0.39 is 7.12 Å². The molecular weight excluding hydrogens is 371 g/mol. The van der Waals surface area contributed by atoms with Gasteiger partial charge in [0, 0.05) is 17.3 Å².